The number of aryl methyl sites for hydroxylation is 1. The van der Waals surface area contributed by atoms with Crippen LogP contribution >= 0.6 is 11.3 Å². The van der Waals surface area contributed by atoms with Crippen LogP contribution in [0.1, 0.15) is 40.0 Å². The zero-order chi connectivity index (χ0) is 21.2. The van der Waals surface area contributed by atoms with Gasteiger partial charge in [-0.15, -0.1) is 11.3 Å². The summed E-state index contributed by atoms with van der Waals surface area (Å²) in [7, 11) is 0. The Morgan fingerprint density at radius 2 is 1.74 bits per heavy atom. The first-order chi connectivity index (χ1) is 15.2. The van der Waals surface area contributed by atoms with Gasteiger partial charge in [0.25, 0.3) is 5.91 Å². The van der Waals surface area contributed by atoms with Crippen LogP contribution in [-0.4, -0.2) is 28.5 Å². The Kier molecular flexibility index (Phi) is 5.65. The van der Waals surface area contributed by atoms with Gasteiger partial charge < -0.3 is 9.47 Å². The highest BCUT2D eigenvalue weighted by Crippen LogP contribution is 2.29. The number of carbonyl (C=O) groups is 1. The predicted octanol–water partition coefficient (Wildman–Crippen LogP) is 6.15. The molecule has 2 aromatic heterocycles. The van der Waals surface area contributed by atoms with Gasteiger partial charge in [-0.25, -0.2) is 0 Å². The minimum absolute atomic E-state index is 0.175. The van der Waals surface area contributed by atoms with Gasteiger partial charge in [-0.05, 0) is 60.7 Å². The van der Waals surface area contributed by atoms with E-state index in [1.807, 2.05) is 0 Å². The third-order valence-electron chi connectivity index (χ3n) is 6.41. The Labute approximate surface area is 187 Å². The van der Waals surface area contributed by atoms with E-state index in [-0.39, 0.29) is 5.91 Å². The van der Waals surface area contributed by atoms with E-state index in [0.717, 1.165) is 44.6 Å². The molecule has 5 rings (SSSR count). The number of rotatable bonds is 5. The second-order valence-corrected chi connectivity index (χ2v) is 9.61. The maximum atomic E-state index is 13.5. The molecule has 2 aromatic carbocycles. The summed E-state index contributed by atoms with van der Waals surface area (Å²) in [6, 6.07) is 23.5. The molecule has 0 saturated carbocycles. The fraction of sp³-hybridized carbons (Fsp3) is 0.296. The topological polar surface area (TPSA) is 25.2 Å². The van der Waals surface area contributed by atoms with E-state index in [1.54, 1.807) is 11.3 Å². The molecular formula is C27H28N2OS. The number of piperidine rings is 1. The fourth-order valence-electron chi connectivity index (χ4n) is 4.75. The molecule has 4 aromatic rings. The van der Waals surface area contributed by atoms with Gasteiger partial charge in [-0.2, -0.15) is 0 Å². The smallest absolute Gasteiger partial charge is 0.270 e. The van der Waals surface area contributed by atoms with Crippen molar-refractivity contribution in [1.82, 2.24) is 9.47 Å². The second kappa shape index (κ2) is 8.72. The molecule has 0 radical (unpaired) electrons. The number of likely N-dealkylation sites (tertiary alicyclic amines) is 1. The molecule has 1 saturated heterocycles. The zero-order valence-corrected chi connectivity index (χ0v) is 18.8. The number of carbonyl (C=O) groups excluding carboxylic acids is 1. The number of amides is 1. The van der Waals surface area contributed by atoms with Crippen molar-refractivity contribution in [2.75, 3.05) is 13.1 Å². The molecule has 0 spiro atoms. The molecule has 0 N–H and O–H groups in total. The molecular weight excluding hydrogens is 400 g/mol. The quantitative estimate of drug-likeness (QED) is 0.374. The Balaban J connectivity index is 1.33. The number of aromatic nitrogens is 1. The van der Waals surface area contributed by atoms with E-state index < -0.39 is 0 Å². The summed E-state index contributed by atoms with van der Waals surface area (Å²) in [4.78, 5) is 16.8. The number of hydrogen-bond donors (Lipinski definition) is 0. The lowest BCUT2D eigenvalue weighted by atomic mass is 9.90. The van der Waals surface area contributed by atoms with Crippen LogP contribution in [0.5, 0.6) is 0 Å². The van der Waals surface area contributed by atoms with E-state index in [9.17, 15) is 4.79 Å². The van der Waals surface area contributed by atoms with E-state index in [4.69, 9.17) is 0 Å². The van der Waals surface area contributed by atoms with Crippen LogP contribution in [0.4, 0.5) is 0 Å². The lowest BCUT2D eigenvalue weighted by molar-refractivity contribution is 0.0680. The lowest BCUT2D eigenvalue weighted by Crippen LogP contribution is -2.39. The van der Waals surface area contributed by atoms with Gasteiger partial charge in [0.2, 0.25) is 0 Å². The summed E-state index contributed by atoms with van der Waals surface area (Å²) in [5.41, 5.74) is 4.71. The first kappa shape index (κ1) is 20.1. The van der Waals surface area contributed by atoms with Crippen molar-refractivity contribution >= 4 is 27.5 Å². The van der Waals surface area contributed by atoms with Crippen LogP contribution in [0.3, 0.4) is 0 Å². The number of fused-ring (bicyclic) bond motifs is 1. The van der Waals surface area contributed by atoms with Gasteiger partial charge in [0.05, 0.1) is 0 Å². The van der Waals surface area contributed by atoms with E-state index in [0.29, 0.717) is 5.92 Å². The number of benzene rings is 2. The Hall–Kier alpha value is -2.85. The van der Waals surface area contributed by atoms with Crippen LogP contribution in [-0.2, 0) is 13.0 Å². The molecule has 3 nitrogen and oxygen atoms in total. The summed E-state index contributed by atoms with van der Waals surface area (Å²) >= 11 is 1.72. The van der Waals surface area contributed by atoms with Crippen molar-refractivity contribution in [3.8, 4) is 0 Å². The summed E-state index contributed by atoms with van der Waals surface area (Å²) in [5, 5.41) is 3.28. The molecule has 0 aliphatic carbocycles. The molecule has 0 unspecified atom stereocenters. The molecule has 1 aliphatic rings. The van der Waals surface area contributed by atoms with Crippen LogP contribution in [0.25, 0.3) is 10.2 Å². The van der Waals surface area contributed by atoms with Crippen molar-refractivity contribution in [3.63, 3.8) is 0 Å². The van der Waals surface area contributed by atoms with Crippen molar-refractivity contribution in [2.24, 2.45) is 5.92 Å². The molecule has 4 heteroatoms. The molecule has 1 fully saturated rings. The Morgan fingerprint density at radius 3 is 2.52 bits per heavy atom. The summed E-state index contributed by atoms with van der Waals surface area (Å²) in [6.07, 6.45) is 3.27. The number of nitrogens with zero attached hydrogens (tertiary/aromatic N) is 2. The maximum absolute atomic E-state index is 13.5. The van der Waals surface area contributed by atoms with Crippen molar-refractivity contribution in [1.29, 1.82) is 0 Å². The zero-order valence-electron chi connectivity index (χ0n) is 18.0. The minimum Gasteiger partial charge on any atom is -0.337 e. The third kappa shape index (κ3) is 4.31. The largest absolute Gasteiger partial charge is 0.337 e. The molecule has 31 heavy (non-hydrogen) atoms. The first-order valence-electron chi connectivity index (χ1n) is 11.1. The summed E-state index contributed by atoms with van der Waals surface area (Å²) in [6.45, 7) is 4.54. The van der Waals surface area contributed by atoms with Crippen molar-refractivity contribution in [3.05, 3.63) is 94.5 Å². The van der Waals surface area contributed by atoms with Crippen molar-refractivity contribution in [2.45, 2.75) is 32.7 Å². The Morgan fingerprint density at radius 1 is 0.968 bits per heavy atom. The highest BCUT2D eigenvalue weighted by Gasteiger charge is 2.26. The van der Waals surface area contributed by atoms with E-state index in [1.165, 1.54) is 26.9 Å². The van der Waals surface area contributed by atoms with Crippen LogP contribution in [0.15, 0.2) is 72.1 Å². The van der Waals surface area contributed by atoms with Gasteiger partial charge in [0, 0.05) is 25.0 Å². The van der Waals surface area contributed by atoms with Gasteiger partial charge >= 0.3 is 0 Å². The van der Waals surface area contributed by atoms with Crippen LogP contribution < -0.4 is 0 Å². The molecule has 3 heterocycles. The van der Waals surface area contributed by atoms with Gasteiger partial charge in [0.1, 0.15) is 10.5 Å². The van der Waals surface area contributed by atoms with Gasteiger partial charge in [-0.3, -0.25) is 4.79 Å². The van der Waals surface area contributed by atoms with E-state index in [2.05, 4.69) is 88.5 Å². The SMILES string of the molecule is Cc1cccc(Cn2c(C(=O)N3CCC(Cc4ccccc4)CC3)cc3ccsc32)c1. The molecule has 0 bridgehead atoms. The van der Waals surface area contributed by atoms with Crippen LogP contribution in [0, 0.1) is 12.8 Å². The minimum atomic E-state index is 0.175. The van der Waals surface area contributed by atoms with Gasteiger partial charge in [-0.1, -0.05) is 60.2 Å². The first-order valence-corrected chi connectivity index (χ1v) is 12.0. The normalized spacial score (nSPS) is 14.9. The summed E-state index contributed by atoms with van der Waals surface area (Å²) in [5.74, 6) is 0.836. The highest BCUT2D eigenvalue weighted by molar-refractivity contribution is 7.16. The fourth-order valence-corrected chi connectivity index (χ4v) is 5.65. The number of hydrogen-bond acceptors (Lipinski definition) is 2. The monoisotopic (exact) mass is 428 g/mol. The average Bonchev–Trinajstić information content (AvgIpc) is 3.37. The highest BCUT2D eigenvalue weighted by atomic mass is 32.1. The molecule has 0 atom stereocenters. The van der Waals surface area contributed by atoms with Gasteiger partial charge in [0.15, 0.2) is 0 Å². The second-order valence-electron chi connectivity index (χ2n) is 8.71. The maximum Gasteiger partial charge on any atom is 0.270 e. The summed E-state index contributed by atoms with van der Waals surface area (Å²) < 4.78 is 2.22. The van der Waals surface area contributed by atoms with E-state index >= 15 is 0 Å². The predicted molar refractivity (Wildman–Crippen MR) is 129 cm³/mol. The third-order valence-corrected chi connectivity index (χ3v) is 7.37. The Bertz CT molecular complexity index is 1180. The van der Waals surface area contributed by atoms with Crippen LogP contribution in [0.2, 0.25) is 0 Å². The molecule has 1 aliphatic heterocycles. The average molecular weight is 429 g/mol. The molecule has 1 amide bonds. The number of thiophene rings is 1. The standard InChI is InChI=1S/C27H28N2OS/c1-20-6-5-9-23(16-20)19-29-25(18-24-12-15-31-27(24)29)26(30)28-13-10-22(11-14-28)17-21-7-3-2-4-8-21/h2-9,12,15-16,18,22H,10-11,13-14,17,19H2,1H3. The van der Waals surface area contributed by atoms with Crippen molar-refractivity contribution < 1.29 is 4.79 Å². The lowest BCUT2D eigenvalue weighted by Gasteiger charge is -2.32. The molecule has 158 valence electrons.